The van der Waals surface area contributed by atoms with Gasteiger partial charge in [0.15, 0.2) is 11.5 Å². The van der Waals surface area contributed by atoms with Gasteiger partial charge in [-0.15, -0.1) is 0 Å². The summed E-state index contributed by atoms with van der Waals surface area (Å²) in [5.74, 6) is 0.983. The van der Waals surface area contributed by atoms with E-state index in [2.05, 4.69) is 15.0 Å². The molecule has 5 rings (SSSR count). The van der Waals surface area contributed by atoms with E-state index in [-0.39, 0.29) is 5.82 Å². The third-order valence-corrected chi connectivity index (χ3v) is 5.51. The Labute approximate surface area is 177 Å². The summed E-state index contributed by atoms with van der Waals surface area (Å²) in [7, 11) is 0. The van der Waals surface area contributed by atoms with Crippen molar-refractivity contribution in [3.8, 4) is 17.1 Å². The summed E-state index contributed by atoms with van der Waals surface area (Å²) in [5.41, 5.74) is 1.02. The second kappa shape index (κ2) is 7.68. The normalized spacial score (nSPS) is 14.9. The number of piperidine rings is 1. The Hall–Kier alpha value is -3.42. The lowest BCUT2D eigenvalue weighted by atomic mass is 10.1. The van der Waals surface area contributed by atoms with Crippen LogP contribution in [0.4, 0.5) is 19.0 Å². The van der Waals surface area contributed by atoms with Crippen molar-refractivity contribution in [1.29, 1.82) is 0 Å². The first kappa shape index (κ1) is 19.5. The second-order valence-electron chi connectivity index (χ2n) is 7.63. The average molecular weight is 423 g/mol. The summed E-state index contributed by atoms with van der Waals surface area (Å²) in [5, 5.41) is 5.31. The van der Waals surface area contributed by atoms with Crippen LogP contribution in [0.15, 0.2) is 60.8 Å². The largest absolute Gasteiger partial charge is 0.416 e. The lowest BCUT2D eigenvalue weighted by molar-refractivity contribution is -0.137. The van der Waals surface area contributed by atoms with Crippen LogP contribution in [0.1, 0.15) is 24.8 Å². The molecule has 31 heavy (non-hydrogen) atoms. The molecule has 158 valence electrons. The van der Waals surface area contributed by atoms with Gasteiger partial charge in [-0.1, -0.05) is 30.3 Å². The fraction of sp³-hybridized carbons (Fsp3) is 0.261. The van der Waals surface area contributed by atoms with E-state index in [1.807, 2.05) is 30.3 Å². The van der Waals surface area contributed by atoms with Crippen LogP contribution in [0.2, 0.25) is 0 Å². The average Bonchev–Trinajstić information content (AvgIpc) is 3.23. The first-order valence-corrected chi connectivity index (χ1v) is 10.2. The van der Waals surface area contributed by atoms with E-state index in [1.165, 1.54) is 6.07 Å². The van der Waals surface area contributed by atoms with Crippen LogP contribution in [0, 0.1) is 0 Å². The number of anilines is 1. The van der Waals surface area contributed by atoms with Gasteiger partial charge in [0.2, 0.25) is 0 Å². The van der Waals surface area contributed by atoms with E-state index in [0.29, 0.717) is 11.2 Å². The van der Waals surface area contributed by atoms with Gasteiger partial charge in [-0.25, -0.2) is 14.6 Å². The van der Waals surface area contributed by atoms with Crippen LogP contribution >= 0.6 is 0 Å². The van der Waals surface area contributed by atoms with E-state index in [0.717, 1.165) is 61.4 Å². The maximum atomic E-state index is 13.3. The number of nitrogens with zero attached hydrogens (tertiary/aromatic N) is 5. The summed E-state index contributed by atoms with van der Waals surface area (Å²) in [4.78, 5) is 11.6. The molecule has 3 heterocycles. The molecule has 0 amide bonds. The lowest BCUT2D eigenvalue weighted by Gasteiger charge is -2.28. The summed E-state index contributed by atoms with van der Waals surface area (Å²) in [6.45, 7) is 1.70. The molecular formula is C23H20F3N5. The van der Waals surface area contributed by atoms with Crippen molar-refractivity contribution in [2.45, 2.75) is 25.4 Å². The summed E-state index contributed by atoms with van der Waals surface area (Å²) in [6.07, 6.45) is 0.576. The predicted molar refractivity (Wildman–Crippen MR) is 113 cm³/mol. The Morgan fingerprint density at radius 3 is 2.35 bits per heavy atom. The Morgan fingerprint density at radius 2 is 1.61 bits per heavy atom. The highest BCUT2D eigenvalue weighted by molar-refractivity contribution is 5.89. The molecule has 0 saturated carbocycles. The minimum absolute atomic E-state index is 0.261. The number of para-hydroxylation sites is 1. The van der Waals surface area contributed by atoms with Crippen molar-refractivity contribution in [2.75, 3.05) is 18.0 Å². The van der Waals surface area contributed by atoms with E-state index in [4.69, 9.17) is 4.98 Å². The number of hydrogen-bond donors (Lipinski definition) is 0. The van der Waals surface area contributed by atoms with E-state index < -0.39 is 11.7 Å². The molecule has 2 aromatic heterocycles. The Kier molecular flexibility index (Phi) is 4.84. The lowest BCUT2D eigenvalue weighted by Crippen LogP contribution is -2.30. The summed E-state index contributed by atoms with van der Waals surface area (Å²) < 4.78 is 41.5. The minimum atomic E-state index is -4.43. The highest BCUT2D eigenvalue weighted by Gasteiger charge is 2.31. The molecule has 2 aromatic carbocycles. The van der Waals surface area contributed by atoms with Crippen LogP contribution in [-0.4, -0.2) is 32.8 Å². The highest BCUT2D eigenvalue weighted by Crippen LogP contribution is 2.34. The highest BCUT2D eigenvalue weighted by atomic mass is 19.4. The monoisotopic (exact) mass is 423 g/mol. The fourth-order valence-electron chi connectivity index (χ4n) is 3.96. The quantitative estimate of drug-likeness (QED) is 0.437. The molecule has 0 bridgehead atoms. The van der Waals surface area contributed by atoms with Gasteiger partial charge in [-0.05, 0) is 43.5 Å². The van der Waals surface area contributed by atoms with Crippen molar-refractivity contribution < 1.29 is 13.2 Å². The summed E-state index contributed by atoms with van der Waals surface area (Å²) in [6, 6.07) is 14.7. The number of rotatable bonds is 3. The van der Waals surface area contributed by atoms with Crippen LogP contribution in [0.5, 0.6) is 0 Å². The second-order valence-corrected chi connectivity index (χ2v) is 7.63. The minimum Gasteiger partial charge on any atom is -0.356 e. The van der Waals surface area contributed by atoms with Crippen LogP contribution in [0.25, 0.3) is 28.1 Å². The number of aromatic nitrogens is 4. The molecule has 0 radical (unpaired) electrons. The first-order chi connectivity index (χ1) is 15.0. The maximum Gasteiger partial charge on any atom is 0.416 e. The Bertz CT molecular complexity index is 1210. The molecule has 0 aliphatic carbocycles. The van der Waals surface area contributed by atoms with E-state index in [9.17, 15) is 13.2 Å². The third kappa shape index (κ3) is 3.73. The topological polar surface area (TPSA) is 46.8 Å². The van der Waals surface area contributed by atoms with Gasteiger partial charge in [-0.2, -0.15) is 18.3 Å². The first-order valence-electron chi connectivity index (χ1n) is 10.2. The molecule has 1 fully saturated rings. The van der Waals surface area contributed by atoms with Crippen molar-refractivity contribution in [3.05, 3.63) is 66.4 Å². The predicted octanol–water partition coefficient (Wildman–Crippen LogP) is 5.49. The molecule has 1 saturated heterocycles. The van der Waals surface area contributed by atoms with Crippen LogP contribution < -0.4 is 4.90 Å². The molecule has 0 unspecified atom stereocenters. The van der Waals surface area contributed by atoms with E-state index in [1.54, 1.807) is 16.9 Å². The molecule has 0 spiro atoms. The van der Waals surface area contributed by atoms with Crippen LogP contribution in [0.3, 0.4) is 0 Å². The standard InChI is InChI=1S/C23H20F3N5/c24-23(25,26)17-9-7-8-16(14-17)20-28-21(30-12-5-2-6-13-30)19-15-27-31(22(19)29-20)18-10-3-1-4-11-18/h1,3-4,7-11,14-15H,2,5-6,12-13H2. The number of halogens is 3. The van der Waals surface area contributed by atoms with Crippen molar-refractivity contribution in [1.82, 2.24) is 19.7 Å². The van der Waals surface area contributed by atoms with Crippen molar-refractivity contribution in [2.24, 2.45) is 0 Å². The SMILES string of the molecule is FC(F)(F)c1cccc(-c2nc(N3CCCCC3)c3cnn(-c4ccccc4)c3n2)c1. The molecular weight excluding hydrogens is 403 g/mol. The maximum absolute atomic E-state index is 13.3. The van der Waals surface area contributed by atoms with Gasteiger partial charge in [0.05, 0.1) is 22.8 Å². The number of alkyl halides is 3. The number of hydrogen-bond acceptors (Lipinski definition) is 4. The summed E-state index contributed by atoms with van der Waals surface area (Å²) >= 11 is 0. The fourth-order valence-corrected chi connectivity index (χ4v) is 3.96. The zero-order valence-electron chi connectivity index (χ0n) is 16.7. The Balaban J connectivity index is 1.72. The molecule has 5 nitrogen and oxygen atoms in total. The van der Waals surface area contributed by atoms with Gasteiger partial charge < -0.3 is 4.90 Å². The van der Waals surface area contributed by atoms with Crippen LogP contribution in [-0.2, 0) is 6.18 Å². The molecule has 1 aliphatic rings. The zero-order chi connectivity index (χ0) is 21.4. The van der Waals surface area contributed by atoms with Gasteiger partial charge in [0.25, 0.3) is 0 Å². The van der Waals surface area contributed by atoms with Gasteiger partial charge in [-0.3, -0.25) is 0 Å². The molecule has 8 heteroatoms. The van der Waals surface area contributed by atoms with Crippen molar-refractivity contribution >= 4 is 16.9 Å². The Morgan fingerprint density at radius 1 is 0.839 bits per heavy atom. The van der Waals surface area contributed by atoms with Crippen molar-refractivity contribution in [3.63, 3.8) is 0 Å². The third-order valence-electron chi connectivity index (χ3n) is 5.51. The van der Waals surface area contributed by atoms with Gasteiger partial charge >= 0.3 is 6.18 Å². The molecule has 1 aliphatic heterocycles. The smallest absolute Gasteiger partial charge is 0.356 e. The van der Waals surface area contributed by atoms with Gasteiger partial charge in [0, 0.05) is 18.7 Å². The number of fused-ring (bicyclic) bond motifs is 1. The molecule has 4 aromatic rings. The van der Waals surface area contributed by atoms with Gasteiger partial charge in [0.1, 0.15) is 5.82 Å². The molecule has 0 atom stereocenters. The number of benzene rings is 2. The zero-order valence-corrected chi connectivity index (χ0v) is 16.7. The van der Waals surface area contributed by atoms with E-state index >= 15 is 0 Å². The molecule has 0 N–H and O–H groups in total.